The van der Waals surface area contributed by atoms with Crippen LogP contribution in [0.25, 0.3) is 11.3 Å². The molecular formula is C30H31Cl2N5O5S. The molecule has 0 spiro atoms. The number of methoxy groups -OCH3 is 1. The zero-order valence-electron chi connectivity index (χ0n) is 23.4. The molecule has 43 heavy (non-hydrogen) atoms. The molecule has 1 unspecified atom stereocenters. The van der Waals surface area contributed by atoms with Crippen molar-refractivity contribution < 1.29 is 22.7 Å². The van der Waals surface area contributed by atoms with E-state index in [4.69, 9.17) is 33.9 Å². The first-order valence-electron chi connectivity index (χ1n) is 13.2. The third-order valence-corrected chi connectivity index (χ3v) is 8.40. The predicted molar refractivity (Wildman–Crippen MR) is 168 cm³/mol. The molecule has 0 fully saturated rings. The van der Waals surface area contributed by atoms with E-state index in [0.29, 0.717) is 45.3 Å². The summed E-state index contributed by atoms with van der Waals surface area (Å²) < 4.78 is 28.8. The second-order valence-corrected chi connectivity index (χ2v) is 12.9. The van der Waals surface area contributed by atoms with Crippen LogP contribution in [0, 0.1) is 0 Å². The lowest BCUT2D eigenvalue weighted by molar-refractivity contribution is -0.121. The van der Waals surface area contributed by atoms with E-state index in [1.807, 2.05) is 30.3 Å². The molecule has 0 aliphatic carbocycles. The number of hydrogen-bond donors (Lipinski definition) is 4. The van der Waals surface area contributed by atoms with Crippen molar-refractivity contribution in [3.8, 4) is 11.3 Å². The Morgan fingerprint density at radius 3 is 2.40 bits per heavy atom. The highest BCUT2D eigenvalue weighted by molar-refractivity contribution is 7.90. The summed E-state index contributed by atoms with van der Waals surface area (Å²) in [5.74, 6) is 0.170. The lowest BCUT2D eigenvalue weighted by Crippen LogP contribution is -2.31. The van der Waals surface area contributed by atoms with Gasteiger partial charge in [-0.2, -0.15) is 0 Å². The van der Waals surface area contributed by atoms with Crippen LogP contribution in [0.4, 0.5) is 10.5 Å². The van der Waals surface area contributed by atoms with E-state index < -0.39 is 27.3 Å². The van der Waals surface area contributed by atoms with Gasteiger partial charge in [-0.15, -0.1) is 0 Å². The number of aryl methyl sites for hydroxylation is 1. The average Bonchev–Trinajstić information content (AvgIpc) is 3.37. The van der Waals surface area contributed by atoms with Gasteiger partial charge in [-0.25, -0.2) is 18.2 Å². The van der Waals surface area contributed by atoms with Crippen molar-refractivity contribution in [3.05, 3.63) is 105 Å². The number of sulfone groups is 1. The fourth-order valence-corrected chi connectivity index (χ4v) is 5.62. The Morgan fingerprint density at radius 2 is 1.74 bits per heavy atom. The molecule has 2 amide bonds. The molecule has 0 saturated heterocycles. The third kappa shape index (κ3) is 8.57. The van der Waals surface area contributed by atoms with Crippen LogP contribution >= 0.6 is 23.2 Å². The number of nitrogens with one attached hydrogen (secondary N) is 3. The molecule has 0 aliphatic rings. The first-order chi connectivity index (χ1) is 20.4. The fraction of sp³-hybridized carbons (Fsp3) is 0.233. The van der Waals surface area contributed by atoms with Crippen LogP contribution in [0.3, 0.4) is 0 Å². The molecule has 13 heteroatoms. The topological polar surface area (TPSA) is 156 Å². The van der Waals surface area contributed by atoms with Crippen LogP contribution in [0.1, 0.15) is 40.4 Å². The molecule has 0 saturated carbocycles. The van der Waals surface area contributed by atoms with Crippen LogP contribution in [0.2, 0.25) is 10.2 Å². The van der Waals surface area contributed by atoms with E-state index in [1.165, 1.54) is 7.11 Å². The van der Waals surface area contributed by atoms with Crippen LogP contribution in [-0.4, -0.2) is 43.8 Å². The maximum absolute atomic E-state index is 13.3. The Kier molecular flexibility index (Phi) is 10.5. The van der Waals surface area contributed by atoms with Crippen molar-refractivity contribution in [1.29, 1.82) is 0 Å². The number of aromatic nitrogens is 2. The maximum atomic E-state index is 13.3. The summed E-state index contributed by atoms with van der Waals surface area (Å²) in [5, 5.41) is 5.09. The molecule has 4 aromatic rings. The van der Waals surface area contributed by atoms with Gasteiger partial charge in [0.1, 0.15) is 22.0 Å². The standard InChI is InChI=1S/C30H31Cl2N5O5S/c1-42-30(39)34-22-12-8-19(9-13-22)26-27(32)37-29(36-26)24(16-18-6-4-3-5-7-18)35-25(38)15-10-20-17-21(31)11-14-23(20)28(33)43(2,40)41/h3-9,11-14,17,24,28H,10,15-16,33H2,1-2H3,(H,34,39)(H,35,38)(H,36,37)/t24-,28?/m0/s1. The van der Waals surface area contributed by atoms with Gasteiger partial charge in [-0.05, 0) is 53.8 Å². The minimum absolute atomic E-state index is 0.0467. The summed E-state index contributed by atoms with van der Waals surface area (Å²) in [6.45, 7) is 0. The van der Waals surface area contributed by atoms with Gasteiger partial charge in [-0.3, -0.25) is 10.1 Å². The number of hydrogen-bond acceptors (Lipinski definition) is 7. The van der Waals surface area contributed by atoms with Crippen LogP contribution in [0.5, 0.6) is 0 Å². The molecule has 0 bridgehead atoms. The number of amides is 2. The number of ether oxygens (including phenoxy) is 1. The van der Waals surface area contributed by atoms with Gasteiger partial charge in [0.25, 0.3) is 0 Å². The first-order valence-corrected chi connectivity index (χ1v) is 15.9. The minimum atomic E-state index is -3.57. The summed E-state index contributed by atoms with van der Waals surface area (Å²) in [7, 11) is -2.29. The molecule has 2 atom stereocenters. The van der Waals surface area contributed by atoms with E-state index in [0.717, 1.165) is 11.8 Å². The summed E-state index contributed by atoms with van der Waals surface area (Å²) in [4.78, 5) is 32.6. The lowest BCUT2D eigenvalue weighted by atomic mass is 10.0. The van der Waals surface area contributed by atoms with Crippen molar-refractivity contribution in [2.75, 3.05) is 18.7 Å². The lowest BCUT2D eigenvalue weighted by Gasteiger charge is -2.18. The Labute approximate surface area is 259 Å². The van der Waals surface area contributed by atoms with Gasteiger partial charge in [0, 0.05) is 29.0 Å². The number of carbonyl (C=O) groups is 2. The van der Waals surface area contributed by atoms with Gasteiger partial charge >= 0.3 is 6.09 Å². The molecule has 3 aromatic carbocycles. The molecule has 5 N–H and O–H groups in total. The smallest absolute Gasteiger partial charge is 0.411 e. The monoisotopic (exact) mass is 643 g/mol. The summed E-state index contributed by atoms with van der Waals surface area (Å²) in [6.07, 6.45) is 1.17. The Morgan fingerprint density at radius 1 is 1.05 bits per heavy atom. The van der Waals surface area contributed by atoms with Crippen molar-refractivity contribution in [2.45, 2.75) is 30.7 Å². The molecule has 1 aromatic heterocycles. The van der Waals surface area contributed by atoms with Crippen molar-refractivity contribution in [3.63, 3.8) is 0 Å². The maximum Gasteiger partial charge on any atom is 0.411 e. The van der Waals surface area contributed by atoms with E-state index in [1.54, 1.807) is 42.5 Å². The predicted octanol–water partition coefficient (Wildman–Crippen LogP) is 5.60. The molecule has 226 valence electrons. The molecular weight excluding hydrogens is 613 g/mol. The zero-order chi connectivity index (χ0) is 31.1. The second kappa shape index (κ2) is 14.0. The molecule has 10 nitrogen and oxygen atoms in total. The number of benzene rings is 3. The van der Waals surface area contributed by atoms with Crippen molar-refractivity contribution in [2.24, 2.45) is 5.73 Å². The number of nitrogens with zero attached hydrogens (tertiary/aromatic N) is 1. The average molecular weight is 645 g/mol. The fourth-order valence-electron chi connectivity index (χ4n) is 4.49. The normalized spacial score (nSPS) is 12.8. The van der Waals surface area contributed by atoms with E-state index in [9.17, 15) is 18.0 Å². The summed E-state index contributed by atoms with van der Waals surface area (Å²) in [5.41, 5.74) is 9.65. The third-order valence-electron chi connectivity index (χ3n) is 6.71. The number of rotatable bonds is 11. The highest BCUT2D eigenvalue weighted by atomic mass is 35.5. The van der Waals surface area contributed by atoms with Crippen molar-refractivity contribution >= 4 is 50.7 Å². The number of aromatic amines is 1. The van der Waals surface area contributed by atoms with Gasteiger partial charge in [-0.1, -0.05) is 71.7 Å². The summed E-state index contributed by atoms with van der Waals surface area (Å²) >= 11 is 12.7. The number of anilines is 1. The zero-order valence-corrected chi connectivity index (χ0v) is 25.8. The second-order valence-electron chi connectivity index (χ2n) is 9.88. The first kappa shape index (κ1) is 32.0. The number of H-pyrrole nitrogens is 1. The van der Waals surface area contributed by atoms with Crippen molar-refractivity contribution in [1.82, 2.24) is 15.3 Å². The van der Waals surface area contributed by atoms with Gasteiger partial charge in [0.2, 0.25) is 5.91 Å². The van der Waals surface area contributed by atoms with Gasteiger partial charge in [0.05, 0.1) is 13.2 Å². The summed E-state index contributed by atoms with van der Waals surface area (Å²) in [6, 6.07) is 20.7. The number of carbonyl (C=O) groups excluding carboxylic acids is 2. The Bertz CT molecular complexity index is 1700. The minimum Gasteiger partial charge on any atom is -0.453 e. The highest BCUT2D eigenvalue weighted by Crippen LogP contribution is 2.30. The van der Waals surface area contributed by atoms with E-state index >= 15 is 0 Å². The molecule has 1 heterocycles. The highest BCUT2D eigenvalue weighted by Gasteiger charge is 2.24. The Hall–Kier alpha value is -3.90. The molecule has 0 radical (unpaired) electrons. The largest absolute Gasteiger partial charge is 0.453 e. The number of imidazole rings is 1. The molecule has 4 rings (SSSR count). The van der Waals surface area contributed by atoms with Crippen LogP contribution in [0.15, 0.2) is 72.8 Å². The van der Waals surface area contributed by atoms with E-state index in [-0.39, 0.29) is 23.9 Å². The van der Waals surface area contributed by atoms with Crippen LogP contribution in [-0.2, 0) is 32.2 Å². The Balaban J connectivity index is 1.55. The van der Waals surface area contributed by atoms with Gasteiger partial charge in [0.15, 0.2) is 9.84 Å². The van der Waals surface area contributed by atoms with Crippen LogP contribution < -0.4 is 16.4 Å². The molecule has 0 aliphatic heterocycles. The number of nitrogens with two attached hydrogens (primary N) is 1. The SMILES string of the molecule is COC(=O)Nc1ccc(-c2nc([C@H](Cc3ccccc3)NC(=O)CCc3cc(Cl)ccc3C(N)S(C)(=O)=O)[nH]c2Cl)cc1. The van der Waals surface area contributed by atoms with E-state index in [2.05, 4.69) is 20.4 Å². The number of halogens is 2. The quantitative estimate of drug-likeness (QED) is 0.166. The van der Waals surface area contributed by atoms with Gasteiger partial charge < -0.3 is 20.8 Å².